The summed E-state index contributed by atoms with van der Waals surface area (Å²) in [7, 11) is 0. The Bertz CT molecular complexity index is 688. The van der Waals surface area contributed by atoms with Gasteiger partial charge in [0.25, 0.3) is 0 Å². The second-order valence-electron chi connectivity index (χ2n) is 8.57. The number of fused-ring (bicyclic) bond motifs is 5. The summed E-state index contributed by atoms with van der Waals surface area (Å²) in [5, 5.41) is 23.5. The van der Waals surface area contributed by atoms with Crippen molar-refractivity contribution in [1.29, 1.82) is 0 Å². The molecule has 0 bridgehead atoms. The maximum Gasteiger partial charge on any atom is 0.216 e. The molecule has 0 radical (unpaired) electrons. The van der Waals surface area contributed by atoms with Gasteiger partial charge >= 0.3 is 0 Å². The van der Waals surface area contributed by atoms with E-state index in [2.05, 4.69) is 18.3 Å². The van der Waals surface area contributed by atoms with Gasteiger partial charge in [0.05, 0.1) is 6.10 Å². The second kappa shape index (κ2) is 6.01. The fourth-order valence-electron chi connectivity index (χ4n) is 6.30. The van der Waals surface area contributed by atoms with E-state index in [1.807, 2.05) is 12.1 Å². The highest BCUT2D eigenvalue weighted by Gasteiger charge is 2.58. The molecule has 3 aliphatic rings. The van der Waals surface area contributed by atoms with E-state index in [1.54, 1.807) is 6.92 Å². The Kier molecular flexibility index (Phi) is 4.06. The molecule has 0 unspecified atom stereocenters. The van der Waals surface area contributed by atoms with Crippen LogP contribution in [-0.4, -0.2) is 28.8 Å². The number of phenols is 1. The van der Waals surface area contributed by atoms with E-state index in [4.69, 9.17) is 0 Å². The molecular weight excluding hydrogens is 314 g/mol. The lowest BCUT2D eigenvalue weighted by Crippen LogP contribution is -2.50. The maximum atomic E-state index is 11.5. The van der Waals surface area contributed by atoms with Crippen LogP contribution in [0.2, 0.25) is 0 Å². The molecule has 4 heteroatoms. The number of aliphatic hydroxyl groups excluding tert-OH is 1. The monoisotopic (exact) mass is 343 g/mol. The van der Waals surface area contributed by atoms with E-state index in [0.717, 1.165) is 32.1 Å². The lowest BCUT2D eigenvalue weighted by atomic mass is 9.53. The van der Waals surface area contributed by atoms with Gasteiger partial charge in [0.15, 0.2) is 0 Å². The number of aliphatic hydroxyl groups is 1. The number of rotatable bonds is 2. The number of amides is 1. The molecule has 0 saturated heterocycles. The molecule has 1 aromatic rings. The van der Waals surface area contributed by atoms with Crippen LogP contribution in [0.4, 0.5) is 0 Å². The van der Waals surface area contributed by atoms with Gasteiger partial charge in [0.1, 0.15) is 5.75 Å². The molecule has 0 spiro atoms. The van der Waals surface area contributed by atoms with Crippen LogP contribution in [0.5, 0.6) is 5.75 Å². The molecule has 0 aromatic heterocycles. The number of carbonyl (C=O) groups is 1. The van der Waals surface area contributed by atoms with Crippen LogP contribution >= 0.6 is 0 Å². The standard InChI is InChI=1S/C21H29NO3/c1-12-20(25)10-19-18-5-3-14-9-15(24)4-6-16(14)17(18)7-8-21(12,19)11-22-13(2)23/h4,6,9,12,17-20,24-25H,3,5,7-8,10-11H2,1-2H3,(H,22,23)/t12-,17+,18+,19-,20+,21-/m0/s1. The van der Waals surface area contributed by atoms with Crippen LogP contribution in [0.3, 0.4) is 0 Å². The highest BCUT2D eigenvalue weighted by molar-refractivity contribution is 5.72. The normalized spacial score (nSPS) is 39.2. The summed E-state index contributed by atoms with van der Waals surface area (Å²) >= 11 is 0. The van der Waals surface area contributed by atoms with Crippen LogP contribution in [0, 0.1) is 23.2 Å². The topological polar surface area (TPSA) is 69.6 Å². The summed E-state index contributed by atoms with van der Waals surface area (Å²) in [4.78, 5) is 11.5. The molecule has 3 N–H and O–H groups in total. The number of hydrogen-bond donors (Lipinski definition) is 3. The zero-order chi connectivity index (χ0) is 17.8. The van der Waals surface area contributed by atoms with E-state index in [-0.39, 0.29) is 23.3 Å². The minimum Gasteiger partial charge on any atom is -0.508 e. The van der Waals surface area contributed by atoms with E-state index < -0.39 is 0 Å². The van der Waals surface area contributed by atoms with Gasteiger partial charge < -0.3 is 15.5 Å². The Balaban J connectivity index is 1.67. The van der Waals surface area contributed by atoms with E-state index in [1.165, 1.54) is 11.1 Å². The van der Waals surface area contributed by atoms with Crippen molar-refractivity contribution in [2.75, 3.05) is 6.54 Å². The predicted molar refractivity (Wildman–Crippen MR) is 96.3 cm³/mol. The summed E-state index contributed by atoms with van der Waals surface area (Å²) in [6, 6.07) is 5.85. The molecule has 25 heavy (non-hydrogen) atoms. The second-order valence-corrected chi connectivity index (χ2v) is 8.57. The zero-order valence-corrected chi connectivity index (χ0v) is 15.2. The van der Waals surface area contributed by atoms with Crippen molar-refractivity contribution < 1.29 is 15.0 Å². The average Bonchev–Trinajstić information content (AvgIpc) is 2.84. The number of phenolic OH excluding ortho intramolecular Hbond substituents is 1. The van der Waals surface area contributed by atoms with Gasteiger partial charge in [-0.3, -0.25) is 4.79 Å². The number of nitrogens with one attached hydrogen (secondary N) is 1. The van der Waals surface area contributed by atoms with Crippen molar-refractivity contribution in [3.63, 3.8) is 0 Å². The first-order valence-corrected chi connectivity index (χ1v) is 9.66. The van der Waals surface area contributed by atoms with E-state index in [0.29, 0.717) is 30.0 Å². The highest BCUT2D eigenvalue weighted by atomic mass is 16.3. The first-order valence-electron chi connectivity index (χ1n) is 9.66. The average molecular weight is 343 g/mol. The van der Waals surface area contributed by atoms with Crippen LogP contribution in [0.15, 0.2) is 18.2 Å². The van der Waals surface area contributed by atoms with Crippen molar-refractivity contribution in [1.82, 2.24) is 5.32 Å². The number of aromatic hydroxyl groups is 1. The fraction of sp³-hybridized carbons (Fsp3) is 0.667. The largest absolute Gasteiger partial charge is 0.508 e. The molecule has 0 aliphatic heterocycles. The van der Waals surface area contributed by atoms with Gasteiger partial charge in [0, 0.05) is 13.5 Å². The summed E-state index contributed by atoms with van der Waals surface area (Å²) in [6.07, 6.45) is 4.87. The minimum atomic E-state index is -0.265. The lowest BCUT2D eigenvalue weighted by molar-refractivity contribution is -0.120. The van der Waals surface area contributed by atoms with Crippen molar-refractivity contribution >= 4 is 5.91 Å². The van der Waals surface area contributed by atoms with Gasteiger partial charge in [-0.05, 0) is 84.5 Å². The van der Waals surface area contributed by atoms with Crippen molar-refractivity contribution in [3.05, 3.63) is 29.3 Å². The van der Waals surface area contributed by atoms with Crippen molar-refractivity contribution in [3.8, 4) is 5.75 Å². The molecule has 6 atom stereocenters. The van der Waals surface area contributed by atoms with Crippen LogP contribution in [-0.2, 0) is 11.2 Å². The third-order valence-electron chi connectivity index (χ3n) is 7.61. The molecule has 4 nitrogen and oxygen atoms in total. The van der Waals surface area contributed by atoms with Gasteiger partial charge in [-0.2, -0.15) is 0 Å². The first kappa shape index (κ1) is 16.9. The first-order chi connectivity index (χ1) is 11.9. The summed E-state index contributed by atoms with van der Waals surface area (Å²) in [6.45, 7) is 4.44. The Morgan fingerprint density at radius 2 is 2.16 bits per heavy atom. The van der Waals surface area contributed by atoms with E-state index >= 15 is 0 Å². The molecule has 0 heterocycles. The van der Waals surface area contributed by atoms with Crippen molar-refractivity contribution in [2.24, 2.45) is 23.2 Å². The van der Waals surface area contributed by atoms with Gasteiger partial charge in [-0.1, -0.05) is 13.0 Å². The van der Waals surface area contributed by atoms with Crippen LogP contribution < -0.4 is 5.32 Å². The Labute approximate surface area is 149 Å². The van der Waals surface area contributed by atoms with Crippen molar-refractivity contribution in [2.45, 2.75) is 58.0 Å². The molecule has 1 amide bonds. The van der Waals surface area contributed by atoms with Crippen LogP contribution in [0.25, 0.3) is 0 Å². The van der Waals surface area contributed by atoms with Gasteiger partial charge in [-0.15, -0.1) is 0 Å². The Hall–Kier alpha value is -1.55. The summed E-state index contributed by atoms with van der Waals surface area (Å²) < 4.78 is 0. The molecule has 2 fully saturated rings. The molecular formula is C21H29NO3. The number of carbonyl (C=O) groups excluding carboxylic acids is 1. The Morgan fingerprint density at radius 1 is 1.36 bits per heavy atom. The number of aryl methyl sites for hydroxylation is 1. The maximum absolute atomic E-state index is 11.5. The zero-order valence-electron chi connectivity index (χ0n) is 15.2. The lowest BCUT2D eigenvalue weighted by Gasteiger charge is -2.52. The molecule has 1 aromatic carbocycles. The Morgan fingerprint density at radius 3 is 2.92 bits per heavy atom. The summed E-state index contributed by atoms with van der Waals surface area (Å²) in [5.41, 5.74) is 2.72. The van der Waals surface area contributed by atoms with Gasteiger partial charge in [0.2, 0.25) is 5.91 Å². The fourth-order valence-corrected chi connectivity index (χ4v) is 6.30. The molecule has 2 saturated carbocycles. The number of benzene rings is 1. The molecule has 136 valence electrons. The SMILES string of the molecule is CC(=O)NC[C@]12CC[C@@H]3c4ccc(O)cc4CC[C@H]3[C@@H]1C[C@@H](O)[C@@H]2C. The molecule has 4 rings (SSSR count). The number of hydrogen-bond acceptors (Lipinski definition) is 3. The smallest absolute Gasteiger partial charge is 0.216 e. The summed E-state index contributed by atoms with van der Waals surface area (Å²) in [5.74, 6) is 2.17. The van der Waals surface area contributed by atoms with Gasteiger partial charge in [-0.25, -0.2) is 0 Å². The highest BCUT2D eigenvalue weighted by Crippen LogP contribution is 2.62. The van der Waals surface area contributed by atoms with Crippen LogP contribution in [0.1, 0.15) is 56.6 Å². The predicted octanol–water partition coefficient (Wildman–Crippen LogP) is 2.97. The minimum absolute atomic E-state index is 0.0216. The molecule has 3 aliphatic carbocycles. The van der Waals surface area contributed by atoms with E-state index in [9.17, 15) is 15.0 Å². The quantitative estimate of drug-likeness (QED) is 0.773. The third-order valence-corrected chi connectivity index (χ3v) is 7.61. The third kappa shape index (κ3) is 2.57.